The van der Waals surface area contributed by atoms with Crippen molar-refractivity contribution < 1.29 is 14.0 Å². The molecule has 0 saturated carbocycles. The summed E-state index contributed by atoms with van der Waals surface area (Å²) in [5.74, 6) is 0.0883. The van der Waals surface area contributed by atoms with Gasteiger partial charge < -0.3 is 21.4 Å². The van der Waals surface area contributed by atoms with Crippen molar-refractivity contribution in [3.05, 3.63) is 82.1 Å². The maximum Gasteiger partial charge on any atom is 0.312 e. The number of aromatic amines is 1. The lowest BCUT2D eigenvalue weighted by Gasteiger charge is -2.15. The van der Waals surface area contributed by atoms with Gasteiger partial charge in [-0.05, 0) is 41.3 Å². The number of aromatic nitrogens is 2. The number of carbonyl (C=O) groups excluding carboxylic acids is 2. The molecule has 0 bridgehead atoms. The second-order valence-corrected chi connectivity index (χ2v) is 7.99. The van der Waals surface area contributed by atoms with Crippen molar-refractivity contribution in [2.45, 2.75) is 18.9 Å². The van der Waals surface area contributed by atoms with E-state index in [0.717, 1.165) is 15.9 Å². The molecule has 2 aromatic carbocycles. The van der Waals surface area contributed by atoms with Crippen LogP contribution in [-0.2, 0) is 11.2 Å². The molecule has 9 heteroatoms. The summed E-state index contributed by atoms with van der Waals surface area (Å²) in [6.45, 7) is 0. The van der Waals surface area contributed by atoms with Gasteiger partial charge in [0.05, 0.1) is 23.5 Å². The van der Waals surface area contributed by atoms with Gasteiger partial charge in [0.25, 0.3) is 0 Å². The number of halogens is 1. The summed E-state index contributed by atoms with van der Waals surface area (Å²) in [6.07, 6.45) is 0.382. The van der Waals surface area contributed by atoms with Crippen LogP contribution in [0, 0.1) is 5.82 Å². The lowest BCUT2D eigenvalue weighted by Crippen LogP contribution is -2.34. The lowest BCUT2D eigenvalue weighted by atomic mass is 10.1. The van der Waals surface area contributed by atoms with E-state index in [4.69, 9.17) is 5.73 Å². The van der Waals surface area contributed by atoms with Crippen molar-refractivity contribution in [2.24, 2.45) is 5.73 Å². The summed E-state index contributed by atoms with van der Waals surface area (Å²) in [5.41, 5.74) is 7.83. The number of thiophene rings is 1. The van der Waals surface area contributed by atoms with E-state index in [2.05, 4.69) is 20.6 Å². The number of nitrogens with zero attached hydrogens (tertiary/aromatic N) is 1. The Morgan fingerprint density at radius 1 is 1.16 bits per heavy atom. The van der Waals surface area contributed by atoms with Crippen molar-refractivity contribution in [1.82, 2.24) is 15.3 Å². The van der Waals surface area contributed by atoms with Gasteiger partial charge in [-0.1, -0.05) is 24.3 Å². The summed E-state index contributed by atoms with van der Waals surface area (Å²) in [4.78, 5) is 32.4. The van der Waals surface area contributed by atoms with Gasteiger partial charge in [0.1, 0.15) is 11.6 Å². The molecule has 0 saturated heterocycles. The standard InChI is InChI=1S/C22H20FN5O2S/c23-15-5-2-1-4-13(15)10-20-26-16-8-7-14(11-17(16)27-20)25-21(29)12-18(28-22(24)30)19-6-3-9-31-19/h1-9,11,18H,10,12H2,(H,25,29)(H,26,27)(H3,24,28,30). The second-order valence-electron chi connectivity index (χ2n) is 7.01. The third-order valence-corrected chi connectivity index (χ3v) is 5.71. The van der Waals surface area contributed by atoms with E-state index in [1.807, 2.05) is 17.5 Å². The van der Waals surface area contributed by atoms with Gasteiger partial charge >= 0.3 is 6.03 Å². The van der Waals surface area contributed by atoms with Crippen LogP contribution in [0.2, 0.25) is 0 Å². The summed E-state index contributed by atoms with van der Waals surface area (Å²) >= 11 is 1.44. The van der Waals surface area contributed by atoms with Crippen LogP contribution in [0.4, 0.5) is 14.9 Å². The Hall–Kier alpha value is -3.72. The van der Waals surface area contributed by atoms with Crippen molar-refractivity contribution in [3.8, 4) is 0 Å². The molecule has 0 aliphatic rings. The van der Waals surface area contributed by atoms with Crippen LogP contribution in [0.15, 0.2) is 60.0 Å². The van der Waals surface area contributed by atoms with E-state index in [1.165, 1.54) is 17.4 Å². The molecule has 5 N–H and O–H groups in total. The van der Waals surface area contributed by atoms with Crippen LogP contribution in [0.1, 0.15) is 28.7 Å². The molecule has 0 aliphatic carbocycles. The van der Waals surface area contributed by atoms with E-state index in [0.29, 0.717) is 23.5 Å². The smallest absolute Gasteiger partial charge is 0.312 e. The molecule has 7 nitrogen and oxygen atoms in total. The number of urea groups is 1. The molecule has 158 valence electrons. The Kier molecular flexibility index (Phi) is 5.94. The number of primary amides is 1. The minimum atomic E-state index is -0.688. The number of rotatable bonds is 7. The average Bonchev–Trinajstić information content (AvgIpc) is 3.38. The van der Waals surface area contributed by atoms with Crippen LogP contribution in [0.5, 0.6) is 0 Å². The molecular weight excluding hydrogens is 417 g/mol. The number of nitrogens with two attached hydrogens (primary N) is 1. The molecule has 4 rings (SSSR count). The zero-order chi connectivity index (χ0) is 21.8. The number of imidazole rings is 1. The minimum absolute atomic E-state index is 0.0446. The summed E-state index contributed by atoms with van der Waals surface area (Å²) in [7, 11) is 0. The highest BCUT2D eigenvalue weighted by molar-refractivity contribution is 7.10. The number of H-pyrrole nitrogens is 1. The predicted octanol–water partition coefficient (Wildman–Crippen LogP) is 4.09. The molecule has 2 heterocycles. The number of hydrogen-bond donors (Lipinski definition) is 4. The Bertz CT molecular complexity index is 1220. The third kappa shape index (κ3) is 5.07. The topological polar surface area (TPSA) is 113 Å². The molecule has 1 unspecified atom stereocenters. The highest BCUT2D eigenvalue weighted by Gasteiger charge is 2.18. The quantitative estimate of drug-likeness (QED) is 0.349. The van der Waals surface area contributed by atoms with Gasteiger partial charge in [0.2, 0.25) is 5.91 Å². The van der Waals surface area contributed by atoms with E-state index in [1.54, 1.807) is 36.4 Å². The van der Waals surface area contributed by atoms with Crippen LogP contribution >= 0.6 is 11.3 Å². The number of hydrogen-bond acceptors (Lipinski definition) is 4. The first kappa shape index (κ1) is 20.5. The molecule has 0 fully saturated rings. The number of carbonyl (C=O) groups is 2. The Labute approximate surface area is 181 Å². The fraction of sp³-hybridized carbons (Fsp3) is 0.136. The number of amides is 3. The van der Waals surface area contributed by atoms with Gasteiger partial charge in [0.15, 0.2) is 0 Å². The number of fused-ring (bicyclic) bond motifs is 1. The third-order valence-electron chi connectivity index (χ3n) is 4.72. The fourth-order valence-corrected chi connectivity index (χ4v) is 4.11. The molecule has 3 amide bonds. The zero-order valence-electron chi connectivity index (χ0n) is 16.4. The number of anilines is 1. The predicted molar refractivity (Wildman–Crippen MR) is 118 cm³/mol. The highest BCUT2D eigenvalue weighted by atomic mass is 32.1. The first-order valence-corrected chi connectivity index (χ1v) is 10.5. The minimum Gasteiger partial charge on any atom is -0.352 e. The van der Waals surface area contributed by atoms with Crippen LogP contribution in [0.25, 0.3) is 11.0 Å². The fourth-order valence-electron chi connectivity index (χ4n) is 3.33. The van der Waals surface area contributed by atoms with Crippen molar-refractivity contribution in [3.63, 3.8) is 0 Å². The maximum absolute atomic E-state index is 13.9. The summed E-state index contributed by atoms with van der Waals surface area (Å²) in [5, 5.41) is 7.30. The molecule has 31 heavy (non-hydrogen) atoms. The Morgan fingerprint density at radius 3 is 2.74 bits per heavy atom. The molecule has 4 aromatic rings. The van der Waals surface area contributed by atoms with E-state index in [9.17, 15) is 14.0 Å². The SMILES string of the molecule is NC(=O)NC(CC(=O)Nc1ccc2nc(Cc3ccccc3F)[nH]c2c1)c1cccs1. The maximum atomic E-state index is 13.9. The lowest BCUT2D eigenvalue weighted by molar-refractivity contribution is -0.116. The van der Waals surface area contributed by atoms with Crippen LogP contribution < -0.4 is 16.4 Å². The number of benzene rings is 2. The summed E-state index contributed by atoms with van der Waals surface area (Å²) in [6, 6.07) is 14.4. The Morgan fingerprint density at radius 2 is 2.00 bits per heavy atom. The van der Waals surface area contributed by atoms with Crippen LogP contribution in [-0.4, -0.2) is 21.9 Å². The Balaban J connectivity index is 1.46. The van der Waals surface area contributed by atoms with Gasteiger partial charge in [-0.25, -0.2) is 14.2 Å². The second kappa shape index (κ2) is 8.97. The van der Waals surface area contributed by atoms with Crippen molar-refractivity contribution >= 4 is 40.0 Å². The van der Waals surface area contributed by atoms with Gasteiger partial charge in [0, 0.05) is 17.0 Å². The van der Waals surface area contributed by atoms with Crippen LogP contribution in [0.3, 0.4) is 0 Å². The number of nitrogens with one attached hydrogen (secondary N) is 3. The van der Waals surface area contributed by atoms with Gasteiger partial charge in [-0.15, -0.1) is 11.3 Å². The zero-order valence-corrected chi connectivity index (χ0v) is 17.2. The first-order chi connectivity index (χ1) is 15.0. The average molecular weight is 438 g/mol. The van der Waals surface area contributed by atoms with E-state index < -0.39 is 12.1 Å². The van der Waals surface area contributed by atoms with Gasteiger partial charge in [-0.3, -0.25) is 4.79 Å². The molecule has 1 atom stereocenters. The molecule has 0 spiro atoms. The molecular formula is C22H20FN5O2S. The first-order valence-electron chi connectivity index (χ1n) is 9.59. The van der Waals surface area contributed by atoms with Crippen molar-refractivity contribution in [2.75, 3.05) is 5.32 Å². The summed E-state index contributed by atoms with van der Waals surface area (Å²) < 4.78 is 13.9. The van der Waals surface area contributed by atoms with E-state index in [-0.39, 0.29) is 18.1 Å². The monoisotopic (exact) mass is 437 g/mol. The van der Waals surface area contributed by atoms with Gasteiger partial charge in [-0.2, -0.15) is 0 Å². The molecule has 0 radical (unpaired) electrons. The largest absolute Gasteiger partial charge is 0.352 e. The normalized spacial score (nSPS) is 11.9. The highest BCUT2D eigenvalue weighted by Crippen LogP contribution is 2.24. The van der Waals surface area contributed by atoms with E-state index >= 15 is 0 Å². The molecule has 0 aliphatic heterocycles. The van der Waals surface area contributed by atoms with Crippen molar-refractivity contribution in [1.29, 1.82) is 0 Å². The molecule has 2 aromatic heterocycles.